The van der Waals surface area contributed by atoms with Crippen molar-refractivity contribution in [1.29, 1.82) is 0 Å². The Bertz CT molecular complexity index is 870. The summed E-state index contributed by atoms with van der Waals surface area (Å²) in [7, 11) is 0. The predicted octanol–water partition coefficient (Wildman–Crippen LogP) is 4.14. The van der Waals surface area contributed by atoms with E-state index in [1.54, 1.807) is 0 Å². The van der Waals surface area contributed by atoms with E-state index in [0.29, 0.717) is 24.0 Å². The van der Waals surface area contributed by atoms with E-state index in [4.69, 9.17) is 15.2 Å². The highest BCUT2D eigenvalue weighted by atomic mass is 16.5. The summed E-state index contributed by atoms with van der Waals surface area (Å²) in [4.78, 5) is 0. The standard InChI is InChI=1S/C22H25N3O2/c23-21-7-6-19(12-22(21)27-16-18-4-2-1-3-5-18)20-13-24-25(15-20)14-17-8-10-26-11-9-17/h1-7,12-13,15,17H,8-11,14,16,23H2. The van der Waals surface area contributed by atoms with Gasteiger partial charge in [0.25, 0.3) is 0 Å². The number of nitrogens with zero attached hydrogens (tertiary/aromatic N) is 2. The molecule has 0 bridgehead atoms. The lowest BCUT2D eigenvalue weighted by atomic mass is 10.0. The van der Waals surface area contributed by atoms with Gasteiger partial charge in [-0.2, -0.15) is 5.10 Å². The van der Waals surface area contributed by atoms with Crippen molar-refractivity contribution in [2.45, 2.75) is 26.0 Å². The van der Waals surface area contributed by atoms with Crippen LogP contribution in [0.5, 0.6) is 5.75 Å². The molecule has 2 N–H and O–H groups in total. The minimum Gasteiger partial charge on any atom is -0.487 e. The summed E-state index contributed by atoms with van der Waals surface area (Å²) in [6.45, 7) is 3.16. The maximum absolute atomic E-state index is 6.10. The monoisotopic (exact) mass is 363 g/mol. The summed E-state index contributed by atoms with van der Waals surface area (Å²) >= 11 is 0. The molecule has 4 rings (SSSR count). The van der Waals surface area contributed by atoms with E-state index in [-0.39, 0.29) is 0 Å². The Morgan fingerprint density at radius 1 is 1.07 bits per heavy atom. The van der Waals surface area contributed by atoms with E-state index < -0.39 is 0 Å². The fourth-order valence-corrected chi connectivity index (χ4v) is 3.38. The first-order chi connectivity index (χ1) is 13.3. The van der Waals surface area contributed by atoms with E-state index >= 15 is 0 Å². The van der Waals surface area contributed by atoms with Crippen molar-refractivity contribution in [1.82, 2.24) is 9.78 Å². The van der Waals surface area contributed by atoms with Crippen LogP contribution < -0.4 is 10.5 Å². The molecule has 27 heavy (non-hydrogen) atoms. The van der Waals surface area contributed by atoms with Gasteiger partial charge in [-0.05, 0) is 42.0 Å². The van der Waals surface area contributed by atoms with Gasteiger partial charge in [0.15, 0.2) is 0 Å². The summed E-state index contributed by atoms with van der Waals surface area (Å²) in [5, 5.41) is 4.54. The molecule has 2 aromatic carbocycles. The Morgan fingerprint density at radius 2 is 1.89 bits per heavy atom. The summed E-state index contributed by atoms with van der Waals surface area (Å²) in [6.07, 6.45) is 6.22. The molecular formula is C22H25N3O2. The molecule has 3 aromatic rings. The smallest absolute Gasteiger partial charge is 0.143 e. The maximum Gasteiger partial charge on any atom is 0.143 e. The highest BCUT2D eigenvalue weighted by Gasteiger charge is 2.15. The second kappa shape index (κ2) is 8.27. The van der Waals surface area contributed by atoms with Crippen LogP contribution in [0.1, 0.15) is 18.4 Å². The van der Waals surface area contributed by atoms with Crippen LogP contribution >= 0.6 is 0 Å². The van der Waals surface area contributed by atoms with Crippen molar-refractivity contribution < 1.29 is 9.47 Å². The number of nitrogens with two attached hydrogens (primary N) is 1. The Balaban J connectivity index is 1.45. The van der Waals surface area contributed by atoms with Crippen molar-refractivity contribution in [3.8, 4) is 16.9 Å². The van der Waals surface area contributed by atoms with Gasteiger partial charge in [-0.25, -0.2) is 0 Å². The maximum atomic E-state index is 6.10. The van der Waals surface area contributed by atoms with Gasteiger partial charge < -0.3 is 15.2 Å². The molecule has 0 atom stereocenters. The predicted molar refractivity (Wildman–Crippen MR) is 106 cm³/mol. The summed E-state index contributed by atoms with van der Waals surface area (Å²) < 4.78 is 13.4. The van der Waals surface area contributed by atoms with Gasteiger partial charge in [0.05, 0.1) is 11.9 Å². The molecule has 0 aliphatic carbocycles. The second-order valence-electron chi connectivity index (χ2n) is 7.03. The van der Waals surface area contributed by atoms with Crippen LogP contribution in [0, 0.1) is 5.92 Å². The van der Waals surface area contributed by atoms with Gasteiger partial charge in [0.2, 0.25) is 0 Å². The van der Waals surface area contributed by atoms with Crippen molar-refractivity contribution >= 4 is 5.69 Å². The molecule has 1 aromatic heterocycles. The summed E-state index contributed by atoms with van der Waals surface area (Å²) in [5.41, 5.74) is 10.00. The lowest BCUT2D eigenvalue weighted by molar-refractivity contribution is 0.0601. The molecule has 1 fully saturated rings. The molecule has 5 nitrogen and oxygen atoms in total. The SMILES string of the molecule is Nc1ccc(-c2cnn(CC3CCOCC3)c2)cc1OCc1ccccc1. The van der Waals surface area contributed by atoms with Gasteiger partial charge in [-0.3, -0.25) is 4.68 Å². The van der Waals surface area contributed by atoms with E-state index in [2.05, 4.69) is 11.3 Å². The van der Waals surface area contributed by atoms with Crippen LogP contribution in [0.2, 0.25) is 0 Å². The normalized spacial score (nSPS) is 15.0. The first kappa shape index (κ1) is 17.6. The molecule has 1 saturated heterocycles. The van der Waals surface area contributed by atoms with Gasteiger partial charge in [0, 0.05) is 31.5 Å². The van der Waals surface area contributed by atoms with Crippen LogP contribution in [-0.4, -0.2) is 23.0 Å². The molecule has 0 amide bonds. The molecule has 0 radical (unpaired) electrons. The first-order valence-corrected chi connectivity index (χ1v) is 9.45. The molecule has 5 heteroatoms. The lowest BCUT2D eigenvalue weighted by Crippen LogP contribution is -2.20. The minimum absolute atomic E-state index is 0.498. The van der Waals surface area contributed by atoms with Crippen molar-refractivity contribution in [3.63, 3.8) is 0 Å². The Hall–Kier alpha value is -2.79. The topological polar surface area (TPSA) is 62.3 Å². The summed E-state index contributed by atoms with van der Waals surface area (Å²) in [6, 6.07) is 16.0. The fraction of sp³-hybridized carbons (Fsp3) is 0.318. The molecule has 1 aliphatic heterocycles. The first-order valence-electron chi connectivity index (χ1n) is 9.45. The number of nitrogen functional groups attached to an aromatic ring is 1. The van der Waals surface area contributed by atoms with Crippen molar-refractivity contribution in [2.75, 3.05) is 18.9 Å². The molecule has 1 aliphatic rings. The Labute approximate surface area is 159 Å². The number of aromatic nitrogens is 2. The van der Waals surface area contributed by atoms with E-state index in [1.165, 1.54) is 0 Å². The number of hydrogen-bond acceptors (Lipinski definition) is 4. The van der Waals surface area contributed by atoms with Crippen LogP contribution in [-0.2, 0) is 17.9 Å². The van der Waals surface area contributed by atoms with Gasteiger partial charge in [-0.1, -0.05) is 36.4 Å². The summed E-state index contributed by atoms with van der Waals surface area (Å²) in [5.74, 6) is 1.34. The molecule has 2 heterocycles. The minimum atomic E-state index is 0.498. The largest absolute Gasteiger partial charge is 0.487 e. The fourth-order valence-electron chi connectivity index (χ4n) is 3.38. The van der Waals surface area contributed by atoms with Crippen LogP contribution in [0.25, 0.3) is 11.1 Å². The van der Waals surface area contributed by atoms with Gasteiger partial charge >= 0.3 is 0 Å². The molecular weight excluding hydrogens is 338 g/mol. The zero-order valence-electron chi connectivity index (χ0n) is 15.4. The highest BCUT2D eigenvalue weighted by molar-refractivity contribution is 5.68. The third-order valence-electron chi connectivity index (χ3n) is 5.00. The van der Waals surface area contributed by atoms with E-state index in [1.807, 2.05) is 59.4 Å². The van der Waals surface area contributed by atoms with E-state index in [0.717, 1.165) is 49.3 Å². The van der Waals surface area contributed by atoms with Crippen LogP contribution in [0.3, 0.4) is 0 Å². The van der Waals surface area contributed by atoms with Gasteiger partial charge in [0.1, 0.15) is 12.4 Å². The number of hydrogen-bond donors (Lipinski definition) is 1. The van der Waals surface area contributed by atoms with Crippen molar-refractivity contribution in [2.24, 2.45) is 5.92 Å². The molecule has 140 valence electrons. The third kappa shape index (κ3) is 4.49. The number of ether oxygens (including phenoxy) is 2. The highest BCUT2D eigenvalue weighted by Crippen LogP contribution is 2.30. The molecule has 0 spiro atoms. The average Bonchev–Trinajstić information content (AvgIpc) is 3.17. The van der Waals surface area contributed by atoms with Crippen LogP contribution in [0.15, 0.2) is 60.9 Å². The van der Waals surface area contributed by atoms with Crippen LogP contribution in [0.4, 0.5) is 5.69 Å². The quantitative estimate of drug-likeness (QED) is 0.669. The lowest BCUT2D eigenvalue weighted by Gasteiger charge is -2.21. The van der Waals surface area contributed by atoms with Gasteiger partial charge in [-0.15, -0.1) is 0 Å². The second-order valence-corrected chi connectivity index (χ2v) is 7.03. The Kier molecular flexibility index (Phi) is 5.39. The van der Waals surface area contributed by atoms with E-state index in [9.17, 15) is 0 Å². The zero-order valence-corrected chi connectivity index (χ0v) is 15.4. The molecule has 0 saturated carbocycles. The average molecular weight is 363 g/mol. The Morgan fingerprint density at radius 3 is 2.70 bits per heavy atom. The zero-order chi connectivity index (χ0) is 18.5. The number of anilines is 1. The molecule has 0 unspecified atom stereocenters. The number of benzene rings is 2. The number of rotatable bonds is 6. The van der Waals surface area contributed by atoms with Crippen molar-refractivity contribution in [3.05, 3.63) is 66.5 Å². The third-order valence-corrected chi connectivity index (χ3v) is 5.00.